The molecule has 1 amide bonds. The van der Waals surface area contributed by atoms with Crippen LogP contribution >= 0.6 is 0 Å². The molecule has 34 heavy (non-hydrogen) atoms. The van der Waals surface area contributed by atoms with Gasteiger partial charge in [-0.1, -0.05) is 42.5 Å². The SMILES string of the molecule is Cc1ccc(-c2ccc(CO)o2)cc1NC(=O)c1ccc(-c2cc3ccccc3oc2=O)cc1. The average Bonchev–Trinajstić information content (AvgIpc) is 3.34. The topological polar surface area (TPSA) is 92.7 Å². The van der Waals surface area contributed by atoms with Gasteiger partial charge in [0.1, 0.15) is 23.7 Å². The molecule has 0 fully saturated rings. The highest BCUT2D eigenvalue weighted by atomic mass is 16.4. The molecule has 0 unspecified atom stereocenters. The highest BCUT2D eigenvalue weighted by molar-refractivity contribution is 6.05. The standard InChI is InChI=1S/C28H21NO5/c1-17-6-7-21(26-13-12-22(16-30)33-26)15-24(17)29-27(31)19-10-8-18(9-11-19)23-14-20-4-2-3-5-25(20)34-28(23)32/h2-15,30H,16H2,1H3,(H,29,31). The smallest absolute Gasteiger partial charge is 0.344 e. The van der Waals surface area contributed by atoms with Crippen molar-refractivity contribution in [2.45, 2.75) is 13.5 Å². The molecule has 0 radical (unpaired) electrons. The van der Waals surface area contributed by atoms with E-state index in [0.717, 1.165) is 16.5 Å². The number of anilines is 1. The van der Waals surface area contributed by atoms with Crippen LogP contribution in [0.1, 0.15) is 21.7 Å². The molecule has 0 bridgehead atoms. The van der Waals surface area contributed by atoms with Gasteiger partial charge < -0.3 is 19.3 Å². The minimum absolute atomic E-state index is 0.174. The Morgan fingerprint density at radius 2 is 1.65 bits per heavy atom. The maximum Gasteiger partial charge on any atom is 0.344 e. The Bertz CT molecular complexity index is 1560. The molecule has 6 heteroatoms. The average molecular weight is 451 g/mol. The van der Waals surface area contributed by atoms with E-state index in [0.29, 0.717) is 39.5 Å². The molecule has 2 N–H and O–H groups in total. The molecule has 5 aromatic rings. The number of fused-ring (bicyclic) bond motifs is 1. The highest BCUT2D eigenvalue weighted by Crippen LogP contribution is 2.28. The molecule has 2 heterocycles. The van der Waals surface area contributed by atoms with Crippen molar-refractivity contribution in [2.24, 2.45) is 0 Å². The number of nitrogens with one attached hydrogen (secondary N) is 1. The normalized spacial score (nSPS) is 11.0. The number of furan rings is 1. The van der Waals surface area contributed by atoms with Crippen molar-refractivity contribution in [1.29, 1.82) is 0 Å². The number of rotatable bonds is 5. The van der Waals surface area contributed by atoms with Crippen LogP contribution in [-0.4, -0.2) is 11.0 Å². The number of benzene rings is 3. The maximum atomic E-state index is 12.9. The summed E-state index contributed by atoms with van der Waals surface area (Å²) >= 11 is 0. The molecule has 5 rings (SSSR count). The van der Waals surface area contributed by atoms with Crippen LogP contribution in [0, 0.1) is 6.92 Å². The van der Waals surface area contributed by atoms with Crippen molar-refractivity contribution in [2.75, 3.05) is 5.32 Å². The lowest BCUT2D eigenvalue weighted by molar-refractivity contribution is 0.102. The van der Waals surface area contributed by atoms with Crippen molar-refractivity contribution in [1.82, 2.24) is 0 Å². The van der Waals surface area contributed by atoms with E-state index < -0.39 is 5.63 Å². The number of hydrogen-bond acceptors (Lipinski definition) is 5. The van der Waals surface area contributed by atoms with E-state index in [4.69, 9.17) is 8.83 Å². The van der Waals surface area contributed by atoms with E-state index in [1.54, 1.807) is 48.5 Å². The van der Waals surface area contributed by atoms with E-state index in [2.05, 4.69) is 5.32 Å². The van der Waals surface area contributed by atoms with Crippen LogP contribution in [0.25, 0.3) is 33.4 Å². The zero-order valence-corrected chi connectivity index (χ0v) is 18.4. The number of carbonyl (C=O) groups excluding carboxylic acids is 1. The summed E-state index contributed by atoms with van der Waals surface area (Å²) in [4.78, 5) is 25.3. The molecular weight excluding hydrogens is 430 g/mol. The molecule has 3 aromatic carbocycles. The second-order valence-corrected chi connectivity index (χ2v) is 7.97. The molecule has 0 aliphatic carbocycles. The molecule has 0 aliphatic heterocycles. The molecule has 168 valence electrons. The fourth-order valence-corrected chi connectivity index (χ4v) is 3.79. The van der Waals surface area contributed by atoms with Gasteiger partial charge in [0.25, 0.3) is 5.91 Å². The van der Waals surface area contributed by atoms with Gasteiger partial charge in [-0.05, 0) is 60.5 Å². The lowest BCUT2D eigenvalue weighted by Gasteiger charge is -2.11. The maximum absolute atomic E-state index is 12.9. The first kappa shape index (κ1) is 21.4. The molecule has 0 saturated carbocycles. The fraction of sp³-hybridized carbons (Fsp3) is 0.0714. The summed E-state index contributed by atoms with van der Waals surface area (Å²) in [7, 11) is 0. The van der Waals surface area contributed by atoms with Crippen molar-refractivity contribution in [3.63, 3.8) is 0 Å². The second-order valence-electron chi connectivity index (χ2n) is 7.97. The Labute approximate surface area is 195 Å². The summed E-state index contributed by atoms with van der Waals surface area (Å²) in [6, 6.07) is 25.1. The number of aliphatic hydroxyl groups excluding tert-OH is 1. The highest BCUT2D eigenvalue weighted by Gasteiger charge is 2.13. The van der Waals surface area contributed by atoms with E-state index >= 15 is 0 Å². The van der Waals surface area contributed by atoms with Crippen LogP contribution in [0.15, 0.2) is 98.6 Å². The van der Waals surface area contributed by atoms with Gasteiger partial charge in [-0.25, -0.2) is 4.79 Å². The van der Waals surface area contributed by atoms with Crippen LogP contribution in [0.5, 0.6) is 0 Å². The third kappa shape index (κ3) is 4.14. The van der Waals surface area contributed by atoms with Crippen molar-refractivity contribution >= 4 is 22.6 Å². The molecule has 0 aliphatic rings. The van der Waals surface area contributed by atoms with Gasteiger partial charge in [0.2, 0.25) is 0 Å². The number of para-hydroxylation sites is 1. The molecule has 0 saturated heterocycles. The van der Waals surface area contributed by atoms with E-state index in [1.165, 1.54) is 0 Å². The summed E-state index contributed by atoms with van der Waals surface area (Å²) in [6.07, 6.45) is 0. The Morgan fingerprint density at radius 1 is 0.882 bits per heavy atom. The van der Waals surface area contributed by atoms with E-state index in [9.17, 15) is 14.7 Å². The van der Waals surface area contributed by atoms with Gasteiger partial charge in [0.05, 0.1) is 5.56 Å². The minimum atomic E-state index is -0.425. The summed E-state index contributed by atoms with van der Waals surface area (Å²) < 4.78 is 11.0. The molecule has 2 aromatic heterocycles. The summed E-state index contributed by atoms with van der Waals surface area (Å²) in [5, 5.41) is 13.0. The predicted molar refractivity (Wildman–Crippen MR) is 131 cm³/mol. The molecule has 0 spiro atoms. The first-order valence-electron chi connectivity index (χ1n) is 10.8. The van der Waals surface area contributed by atoms with Crippen LogP contribution in [-0.2, 0) is 6.61 Å². The fourth-order valence-electron chi connectivity index (χ4n) is 3.79. The molecular formula is C28H21NO5. The van der Waals surface area contributed by atoms with Crippen LogP contribution in [0.3, 0.4) is 0 Å². The largest absolute Gasteiger partial charge is 0.459 e. The predicted octanol–water partition coefficient (Wildman–Crippen LogP) is 5.77. The number of hydrogen-bond donors (Lipinski definition) is 2. The lowest BCUT2D eigenvalue weighted by atomic mass is 10.0. The van der Waals surface area contributed by atoms with Gasteiger partial charge in [-0.2, -0.15) is 0 Å². The summed E-state index contributed by atoms with van der Waals surface area (Å²) in [5.74, 6) is 0.813. The Kier molecular flexibility index (Phi) is 5.57. The molecule has 6 nitrogen and oxygen atoms in total. The van der Waals surface area contributed by atoms with Gasteiger partial charge in [-0.3, -0.25) is 4.79 Å². The van der Waals surface area contributed by atoms with Gasteiger partial charge in [0, 0.05) is 22.2 Å². The first-order chi connectivity index (χ1) is 16.5. The van der Waals surface area contributed by atoms with Crippen molar-refractivity contribution in [3.05, 3.63) is 112 Å². The minimum Gasteiger partial charge on any atom is -0.459 e. The van der Waals surface area contributed by atoms with Gasteiger partial charge in [-0.15, -0.1) is 0 Å². The quantitative estimate of drug-likeness (QED) is 0.331. The third-order valence-electron chi connectivity index (χ3n) is 5.69. The van der Waals surface area contributed by atoms with Crippen LogP contribution in [0.2, 0.25) is 0 Å². The summed E-state index contributed by atoms with van der Waals surface area (Å²) in [6.45, 7) is 1.73. The third-order valence-corrected chi connectivity index (χ3v) is 5.69. The zero-order valence-electron chi connectivity index (χ0n) is 18.4. The lowest BCUT2D eigenvalue weighted by Crippen LogP contribution is -2.13. The van der Waals surface area contributed by atoms with Gasteiger partial charge >= 0.3 is 5.63 Å². The number of amides is 1. The Balaban J connectivity index is 1.39. The van der Waals surface area contributed by atoms with Crippen molar-refractivity contribution < 1.29 is 18.7 Å². The van der Waals surface area contributed by atoms with Crippen LogP contribution in [0.4, 0.5) is 5.69 Å². The van der Waals surface area contributed by atoms with Gasteiger partial charge in [0.15, 0.2) is 0 Å². The van der Waals surface area contributed by atoms with E-state index in [1.807, 2.05) is 43.3 Å². The Morgan fingerprint density at radius 3 is 2.41 bits per heavy atom. The number of carbonyl (C=O) groups is 1. The monoisotopic (exact) mass is 451 g/mol. The van der Waals surface area contributed by atoms with Crippen LogP contribution < -0.4 is 10.9 Å². The van der Waals surface area contributed by atoms with E-state index in [-0.39, 0.29) is 12.5 Å². The zero-order chi connectivity index (χ0) is 23.7. The molecule has 0 atom stereocenters. The number of aryl methyl sites for hydroxylation is 1. The second kappa shape index (κ2) is 8.84. The number of aliphatic hydroxyl groups is 1. The summed E-state index contributed by atoms with van der Waals surface area (Å²) in [5.41, 5.74) is 4.03. The Hall–Kier alpha value is -4.42. The first-order valence-corrected chi connectivity index (χ1v) is 10.8. The van der Waals surface area contributed by atoms with Crippen molar-refractivity contribution in [3.8, 4) is 22.5 Å².